The highest BCUT2D eigenvalue weighted by Gasteiger charge is 2.09. The van der Waals surface area contributed by atoms with Crippen molar-refractivity contribution in [2.75, 3.05) is 19.5 Å². The zero-order chi connectivity index (χ0) is 16.1. The van der Waals surface area contributed by atoms with Gasteiger partial charge in [0.15, 0.2) is 11.5 Å². The second-order valence-corrected chi connectivity index (χ2v) is 4.82. The number of nitrogens with one attached hydrogen (secondary N) is 2. The molecule has 6 heteroatoms. The minimum absolute atomic E-state index is 0.300. The molecule has 0 fully saturated rings. The zero-order valence-electron chi connectivity index (χ0n) is 13.1. The number of urea groups is 1. The molecule has 118 valence electrons. The van der Waals surface area contributed by atoms with E-state index in [9.17, 15) is 4.79 Å². The third kappa shape index (κ3) is 3.72. The molecule has 1 aromatic heterocycles. The van der Waals surface area contributed by atoms with Crippen LogP contribution in [0.3, 0.4) is 0 Å². The van der Waals surface area contributed by atoms with Crippen LogP contribution in [-0.4, -0.2) is 20.3 Å². The molecule has 0 radical (unpaired) electrons. The summed E-state index contributed by atoms with van der Waals surface area (Å²) < 4.78 is 15.8. The second kappa shape index (κ2) is 6.89. The van der Waals surface area contributed by atoms with Gasteiger partial charge in [0, 0.05) is 23.9 Å². The molecule has 0 atom stereocenters. The maximum absolute atomic E-state index is 11.9. The summed E-state index contributed by atoms with van der Waals surface area (Å²) in [7, 11) is 3.11. The van der Waals surface area contributed by atoms with Crippen LogP contribution in [0.2, 0.25) is 0 Å². The molecule has 22 heavy (non-hydrogen) atoms. The lowest BCUT2D eigenvalue weighted by molar-refractivity contribution is 0.251. The first kappa shape index (κ1) is 15.8. The quantitative estimate of drug-likeness (QED) is 0.889. The number of hydrogen-bond donors (Lipinski definition) is 2. The van der Waals surface area contributed by atoms with E-state index in [-0.39, 0.29) is 6.03 Å². The van der Waals surface area contributed by atoms with Crippen molar-refractivity contribution < 1.29 is 18.7 Å². The Morgan fingerprint density at radius 3 is 2.45 bits per heavy atom. The molecule has 2 rings (SSSR count). The van der Waals surface area contributed by atoms with E-state index in [1.54, 1.807) is 32.4 Å². The standard InChI is InChI=1S/C16H20N2O4/c1-10-7-12(11(2)22-10)9-17-16(19)18-13-5-6-14(20-3)15(8-13)21-4/h5-8H,9H2,1-4H3,(H2,17,18,19). The fraction of sp³-hybridized carbons (Fsp3) is 0.312. The van der Waals surface area contributed by atoms with Gasteiger partial charge in [0.2, 0.25) is 0 Å². The Hall–Kier alpha value is -2.63. The molecule has 2 amide bonds. The molecule has 0 saturated heterocycles. The van der Waals surface area contributed by atoms with Crippen molar-refractivity contribution in [3.05, 3.63) is 41.3 Å². The average molecular weight is 304 g/mol. The summed E-state index contributed by atoms with van der Waals surface area (Å²) in [5.74, 6) is 2.80. The van der Waals surface area contributed by atoms with Crippen LogP contribution in [0.1, 0.15) is 17.1 Å². The number of ether oxygens (including phenoxy) is 2. The van der Waals surface area contributed by atoms with Crippen LogP contribution in [0.5, 0.6) is 11.5 Å². The van der Waals surface area contributed by atoms with Crippen LogP contribution in [0.15, 0.2) is 28.7 Å². The van der Waals surface area contributed by atoms with Gasteiger partial charge in [-0.2, -0.15) is 0 Å². The van der Waals surface area contributed by atoms with Gasteiger partial charge in [0.25, 0.3) is 0 Å². The molecule has 0 aliphatic carbocycles. The summed E-state index contributed by atoms with van der Waals surface area (Å²) in [6, 6.07) is 6.79. The van der Waals surface area contributed by atoms with Crippen LogP contribution < -0.4 is 20.1 Å². The van der Waals surface area contributed by atoms with Crippen molar-refractivity contribution in [1.82, 2.24) is 5.32 Å². The van der Waals surface area contributed by atoms with E-state index in [0.717, 1.165) is 17.1 Å². The topological polar surface area (TPSA) is 72.7 Å². The number of aryl methyl sites for hydroxylation is 2. The molecular formula is C16H20N2O4. The van der Waals surface area contributed by atoms with Crippen molar-refractivity contribution in [1.29, 1.82) is 0 Å². The molecule has 0 aliphatic rings. The largest absolute Gasteiger partial charge is 0.493 e. The molecule has 2 N–H and O–H groups in total. The molecule has 0 spiro atoms. The number of carbonyl (C=O) groups is 1. The Morgan fingerprint density at radius 2 is 1.86 bits per heavy atom. The second-order valence-electron chi connectivity index (χ2n) is 4.82. The monoisotopic (exact) mass is 304 g/mol. The highest BCUT2D eigenvalue weighted by molar-refractivity contribution is 5.89. The molecule has 1 heterocycles. The number of anilines is 1. The molecule has 1 aromatic carbocycles. The maximum atomic E-state index is 11.9. The van der Waals surface area contributed by atoms with Crippen molar-refractivity contribution in [2.45, 2.75) is 20.4 Å². The Balaban J connectivity index is 1.96. The Kier molecular flexibility index (Phi) is 4.93. The van der Waals surface area contributed by atoms with E-state index in [0.29, 0.717) is 23.7 Å². The van der Waals surface area contributed by atoms with Gasteiger partial charge >= 0.3 is 6.03 Å². The van der Waals surface area contributed by atoms with Gasteiger partial charge in [-0.25, -0.2) is 4.79 Å². The molecule has 0 bridgehead atoms. The van der Waals surface area contributed by atoms with Gasteiger partial charge in [-0.05, 0) is 32.0 Å². The summed E-state index contributed by atoms with van der Waals surface area (Å²) in [6.45, 7) is 4.15. The van der Waals surface area contributed by atoms with E-state index >= 15 is 0 Å². The summed E-state index contributed by atoms with van der Waals surface area (Å²) in [5, 5.41) is 5.53. The molecular weight excluding hydrogens is 284 g/mol. The summed E-state index contributed by atoms with van der Waals surface area (Å²) in [4.78, 5) is 11.9. The number of rotatable bonds is 5. The Labute approximate surface area is 129 Å². The van der Waals surface area contributed by atoms with Gasteiger partial charge in [-0.15, -0.1) is 0 Å². The predicted octanol–water partition coefficient (Wildman–Crippen LogP) is 3.24. The minimum Gasteiger partial charge on any atom is -0.493 e. The third-order valence-electron chi connectivity index (χ3n) is 3.22. The fourth-order valence-corrected chi connectivity index (χ4v) is 2.12. The van der Waals surface area contributed by atoms with E-state index in [4.69, 9.17) is 13.9 Å². The molecule has 6 nitrogen and oxygen atoms in total. The van der Waals surface area contributed by atoms with E-state index < -0.39 is 0 Å². The number of furan rings is 1. The van der Waals surface area contributed by atoms with Crippen molar-refractivity contribution in [2.24, 2.45) is 0 Å². The number of methoxy groups -OCH3 is 2. The number of carbonyl (C=O) groups excluding carboxylic acids is 1. The first-order valence-corrected chi connectivity index (χ1v) is 6.86. The van der Waals surface area contributed by atoms with Crippen LogP contribution in [0, 0.1) is 13.8 Å². The summed E-state index contributed by atoms with van der Waals surface area (Å²) in [5.41, 5.74) is 1.58. The summed E-state index contributed by atoms with van der Waals surface area (Å²) >= 11 is 0. The number of amides is 2. The lowest BCUT2D eigenvalue weighted by Crippen LogP contribution is -2.28. The van der Waals surface area contributed by atoms with Gasteiger partial charge < -0.3 is 24.5 Å². The highest BCUT2D eigenvalue weighted by Crippen LogP contribution is 2.29. The van der Waals surface area contributed by atoms with E-state index in [1.807, 2.05) is 19.9 Å². The van der Waals surface area contributed by atoms with Crippen LogP contribution in [-0.2, 0) is 6.54 Å². The molecule has 0 unspecified atom stereocenters. The Bertz CT molecular complexity index is 664. The van der Waals surface area contributed by atoms with Crippen molar-refractivity contribution in [3.8, 4) is 11.5 Å². The smallest absolute Gasteiger partial charge is 0.319 e. The molecule has 0 saturated carbocycles. The molecule has 0 aliphatic heterocycles. The van der Waals surface area contributed by atoms with Gasteiger partial charge in [0.1, 0.15) is 11.5 Å². The van der Waals surface area contributed by atoms with Crippen LogP contribution in [0.4, 0.5) is 10.5 Å². The molecule has 2 aromatic rings. The lowest BCUT2D eigenvalue weighted by Gasteiger charge is -2.11. The van der Waals surface area contributed by atoms with E-state index in [1.165, 1.54) is 0 Å². The lowest BCUT2D eigenvalue weighted by atomic mass is 10.2. The maximum Gasteiger partial charge on any atom is 0.319 e. The van der Waals surface area contributed by atoms with Crippen molar-refractivity contribution >= 4 is 11.7 Å². The van der Waals surface area contributed by atoms with Gasteiger partial charge in [0.05, 0.1) is 14.2 Å². The van der Waals surface area contributed by atoms with Gasteiger partial charge in [-0.3, -0.25) is 0 Å². The fourth-order valence-electron chi connectivity index (χ4n) is 2.12. The SMILES string of the molecule is COc1ccc(NC(=O)NCc2cc(C)oc2C)cc1OC. The van der Waals surface area contributed by atoms with E-state index in [2.05, 4.69) is 10.6 Å². The van der Waals surface area contributed by atoms with Gasteiger partial charge in [-0.1, -0.05) is 0 Å². The van der Waals surface area contributed by atoms with Crippen LogP contribution in [0.25, 0.3) is 0 Å². The Morgan fingerprint density at radius 1 is 1.14 bits per heavy atom. The number of hydrogen-bond acceptors (Lipinski definition) is 4. The minimum atomic E-state index is -0.300. The first-order valence-electron chi connectivity index (χ1n) is 6.86. The average Bonchev–Trinajstić information content (AvgIpc) is 2.82. The number of benzene rings is 1. The first-order chi connectivity index (χ1) is 10.5. The zero-order valence-corrected chi connectivity index (χ0v) is 13.1. The highest BCUT2D eigenvalue weighted by atomic mass is 16.5. The summed E-state index contributed by atoms with van der Waals surface area (Å²) in [6.07, 6.45) is 0. The third-order valence-corrected chi connectivity index (χ3v) is 3.22. The van der Waals surface area contributed by atoms with Crippen molar-refractivity contribution in [3.63, 3.8) is 0 Å². The normalized spacial score (nSPS) is 10.2. The predicted molar refractivity (Wildman–Crippen MR) is 83.6 cm³/mol. The van der Waals surface area contributed by atoms with Crippen LogP contribution >= 0.6 is 0 Å².